The van der Waals surface area contributed by atoms with Gasteiger partial charge in [0.1, 0.15) is 5.82 Å². The number of nitrogens with one attached hydrogen (secondary N) is 2. The zero-order valence-electron chi connectivity index (χ0n) is 15.7. The van der Waals surface area contributed by atoms with Gasteiger partial charge in [0, 0.05) is 25.7 Å². The first-order chi connectivity index (χ1) is 12.2. The molecule has 1 aromatic rings. The van der Waals surface area contributed by atoms with E-state index in [9.17, 15) is 4.39 Å². The Bertz CT molecular complexity index is 539. The van der Waals surface area contributed by atoms with Crippen LogP contribution in [0.15, 0.2) is 29.3 Å². The molecule has 0 radical (unpaired) electrons. The van der Waals surface area contributed by atoms with Crippen molar-refractivity contribution in [3.63, 3.8) is 0 Å². The van der Waals surface area contributed by atoms with E-state index < -0.39 is 0 Å². The third-order valence-electron chi connectivity index (χ3n) is 3.98. The van der Waals surface area contributed by atoms with E-state index in [-0.39, 0.29) is 41.9 Å². The number of hydrogen-bond donors (Lipinski definition) is 2. The lowest BCUT2D eigenvalue weighted by molar-refractivity contribution is 0.0347. The summed E-state index contributed by atoms with van der Waals surface area (Å²) >= 11 is 0. The summed E-state index contributed by atoms with van der Waals surface area (Å²) in [4.78, 5) is 4.59. The molecule has 1 aliphatic rings. The van der Waals surface area contributed by atoms with E-state index in [4.69, 9.17) is 9.47 Å². The second-order valence-electron chi connectivity index (χ2n) is 6.36. The zero-order chi connectivity index (χ0) is 17.9. The number of aliphatic imine (C=N–C) groups is 1. The SMILES string of the molecule is CCNC(=NCCCc1cccc(F)c1)NC(C)COC1CCOC1.I. The average Bonchev–Trinajstić information content (AvgIpc) is 3.11. The van der Waals surface area contributed by atoms with Gasteiger partial charge >= 0.3 is 0 Å². The van der Waals surface area contributed by atoms with Crippen LogP contribution in [-0.4, -0.2) is 51.0 Å². The van der Waals surface area contributed by atoms with Gasteiger partial charge in [-0.3, -0.25) is 4.99 Å². The van der Waals surface area contributed by atoms with Crippen LogP contribution in [0.3, 0.4) is 0 Å². The molecular weight excluding hydrogens is 448 g/mol. The van der Waals surface area contributed by atoms with Gasteiger partial charge in [-0.25, -0.2) is 4.39 Å². The van der Waals surface area contributed by atoms with E-state index >= 15 is 0 Å². The van der Waals surface area contributed by atoms with Gasteiger partial charge in [-0.15, -0.1) is 24.0 Å². The van der Waals surface area contributed by atoms with E-state index in [1.807, 2.05) is 13.0 Å². The summed E-state index contributed by atoms with van der Waals surface area (Å²) in [6.45, 7) is 7.73. The highest BCUT2D eigenvalue weighted by Crippen LogP contribution is 2.08. The fourth-order valence-corrected chi connectivity index (χ4v) is 2.69. The van der Waals surface area contributed by atoms with E-state index in [0.717, 1.165) is 43.9 Å². The van der Waals surface area contributed by atoms with E-state index in [1.54, 1.807) is 12.1 Å². The number of nitrogens with zero attached hydrogens (tertiary/aromatic N) is 1. The van der Waals surface area contributed by atoms with Gasteiger partial charge in [-0.1, -0.05) is 12.1 Å². The normalized spacial score (nSPS) is 18.3. The van der Waals surface area contributed by atoms with Crippen LogP contribution in [-0.2, 0) is 15.9 Å². The lowest BCUT2D eigenvalue weighted by Crippen LogP contribution is -2.44. The minimum absolute atomic E-state index is 0. The van der Waals surface area contributed by atoms with Gasteiger partial charge in [-0.05, 0) is 50.8 Å². The van der Waals surface area contributed by atoms with Crippen molar-refractivity contribution in [3.8, 4) is 0 Å². The summed E-state index contributed by atoms with van der Waals surface area (Å²) in [6, 6.07) is 6.91. The Kier molecular flexibility index (Phi) is 11.8. The van der Waals surface area contributed by atoms with Crippen molar-refractivity contribution in [1.82, 2.24) is 10.6 Å². The number of hydrogen-bond acceptors (Lipinski definition) is 3. The largest absolute Gasteiger partial charge is 0.379 e. The first-order valence-corrected chi connectivity index (χ1v) is 9.16. The van der Waals surface area contributed by atoms with Crippen LogP contribution in [0.5, 0.6) is 0 Å². The summed E-state index contributed by atoms with van der Waals surface area (Å²) in [7, 11) is 0. The predicted molar refractivity (Wildman–Crippen MR) is 114 cm³/mol. The van der Waals surface area contributed by atoms with Gasteiger partial charge in [0.25, 0.3) is 0 Å². The molecule has 1 heterocycles. The maximum atomic E-state index is 13.2. The Labute approximate surface area is 173 Å². The Morgan fingerprint density at radius 3 is 3.00 bits per heavy atom. The molecule has 1 aromatic carbocycles. The fourth-order valence-electron chi connectivity index (χ4n) is 2.69. The van der Waals surface area contributed by atoms with Crippen LogP contribution < -0.4 is 10.6 Å². The van der Waals surface area contributed by atoms with Crippen molar-refractivity contribution in [2.45, 2.75) is 45.3 Å². The predicted octanol–water partition coefficient (Wildman–Crippen LogP) is 3.13. The van der Waals surface area contributed by atoms with E-state index in [2.05, 4.69) is 22.5 Å². The molecule has 26 heavy (non-hydrogen) atoms. The zero-order valence-corrected chi connectivity index (χ0v) is 18.0. The van der Waals surface area contributed by atoms with Crippen LogP contribution in [0.25, 0.3) is 0 Å². The summed E-state index contributed by atoms with van der Waals surface area (Å²) in [6.07, 6.45) is 2.89. The van der Waals surface area contributed by atoms with Crippen LogP contribution in [0, 0.1) is 5.82 Å². The summed E-state index contributed by atoms with van der Waals surface area (Å²) < 4.78 is 24.3. The summed E-state index contributed by atoms with van der Waals surface area (Å²) in [5, 5.41) is 6.61. The molecule has 2 unspecified atom stereocenters. The van der Waals surface area contributed by atoms with E-state index in [0.29, 0.717) is 19.8 Å². The van der Waals surface area contributed by atoms with Crippen molar-refractivity contribution in [2.75, 3.05) is 32.9 Å². The molecule has 1 fully saturated rings. The summed E-state index contributed by atoms with van der Waals surface area (Å²) in [5.74, 6) is 0.609. The quantitative estimate of drug-likeness (QED) is 0.248. The molecule has 2 atom stereocenters. The van der Waals surface area contributed by atoms with Crippen molar-refractivity contribution < 1.29 is 13.9 Å². The number of aryl methyl sites for hydroxylation is 1. The average molecular weight is 479 g/mol. The topological polar surface area (TPSA) is 54.9 Å². The Hall–Kier alpha value is -0.930. The smallest absolute Gasteiger partial charge is 0.191 e. The maximum Gasteiger partial charge on any atom is 0.191 e. The van der Waals surface area contributed by atoms with Gasteiger partial charge in [0.2, 0.25) is 0 Å². The molecule has 0 amide bonds. The monoisotopic (exact) mass is 479 g/mol. The van der Waals surface area contributed by atoms with Crippen molar-refractivity contribution in [1.29, 1.82) is 0 Å². The number of halogens is 2. The number of rotatable bonds is 9. The van der Waals surface area contributed by atoms with Crippen LogP contribution >= 0.6 is 24.0 Å². The first-order valence-electron chi connectivity index (χ1n) is 9.16. The molecule has 5 nitrogen and oxygen atoms in total. The number of guanidine groups is 1. The molecule has 7 heteroatoms. The Morgan fingerprint density at radius 2 is 2.31 bits per heavy atom. The fraction of sp³-hybridized carbons (Fsp3) is 0.632. The van der Waals surface area contributed by atoms with Gasteiger partial charge in [0.05, 0.1) is 19.3 Å². The van der Waals surface area contributed by atoms with Crippen molar-refractivity contribution in [3.05, 3.63) is 35.6 Å². The molecule has 0 bridgehead atoms. The minimum atomic E-state index is -0.183. The van der Waals surface area contributed by atoms with Gasteiger partial charge < -0.3 is 20.1 Å². The molecule has 1 aliphatic heterocycles. The van der Waals surface area contributed by atoms with Crippen LogP contribution in [0.4, 0.5) is 4.39 Å². The second-order valence-corrected chi connectivity index (χ2v) is 6.36. The molecule has 0 spiro atoms. The first kappa shape index (κ1) is 23.1. The van der Waals surface area contributed by atoms with Crippen LogP contribution in [0.1, 0.15) is 32.3 Å². The molecule has 2 rings (SSSR count). The molecular formula is C19H31FIN3O2. The standard InChI is InChI=1S/C19H30FN3O2.HI/c1-3-21-19(23-15(2)13-25-18-9-11-24-14-18)22-10-5-7-16-6-4-8-17(20)12-16;/h4,6,8,12,15,18H,3,5,7,9-11,13-14H2,1-2H3,(H2,21,22,23);1H. The number of benzene rings is 1. The molecule has 0 saturated carbocycles. The highest BCUT2D eigenvalue weighted by atomic mass is 127. The highest BCUT2D eigenvalue weighted by Gasteiger charge is 2.17. The summed E-state index contributed by atoms with van der Waals surface area (Å²) in [5.41, 5.74) is 1.01. The second kappa shape index (κ2) is 13.3. The Morgan fingerprint density at radius 1 is 1.46 bits per heavy atom. The molecule has 1 saturated heterocycles. The molecule has 2 N–H and O–H groups in total. The minimum Gasteiger partial charge on any atom is -0.379 e. The van der Waals surface area contributed by atoms with Gasteiger partial charge in [-0.2, -0.15) is 0 Å². The maximum absolute atomic E-state index is 13.2. The van der Waals surface area contributed by atoms with Crippen molar-refractivity contribution >= 4 is 29.9 Å². The molecule has 148 valence electrons. The molecule has 0 aliphatic carbocycles. The van der Waals surface area contributed by atoms with E-state index in [1.165, 1.54) is 6.07 Å². The van der Waals surface area contributed by atoms with Gasteiger partial charge in [0.15, 0.2) is 5.96 Å². The highest BCUT2D eigenvalue weighted by molar-refractivity contribution is 14.0. The van der Waals surface area contributed by atoms with Crippen molar-refractivity contribution in [2.24, 2.45) is 4.99 Å². The third kappa shape index (κ3) is 9.14. The Balaban J connectivity index is 0.00000338. The third-order valence-corrected chi connectivity index (χ3v) is 3.98. The van der Waals surface area contributed by atoms with Crippen LogP contribution in [0.2, 0.25) is 0 Å². The number of ether oxygens (including phenoxy) is 2. The molecule has 0 aromatic heterocycles. The lowest BCUT2D eigenvalue weighted by atomic mass is 10.1. The lowest BCUT2D eigenvalue weighted by Gasteiger charge is -2.19.